The molecule has 0 rings (SSSR count). The smallest absolute Gasteiger partial charge is 0.0262 e. The summed E-state index contributed by atoms with van der Waals surface area (Å²) >= 11 is 0. The third kappa shape index (κ3) is 5.87. The van der Waals surface area contributed by atoms with Crippen LogP contribution >= 0.6 is 0 Å². The molecule has 0 aromatic carbocycles. The van der Waals surface area contributed by atoms with Crippen molar-refractivity contribution >= 4 is 0 Å². The second-order valence-electron chi connectivity index (χ2n) is 3.19. The van der Waals surface area contributed by atoms with Gasteiger partial charge in [-0.25, -0.2) is 0 Å². The molecule has 0 heterocycles. The average Bonchev–Trinajstić information content (AvgIpc) is 1.85. The maximum atomic E-state index is 3.95. The van der Waals surface area contributed by atoms with E-state index in [2.05, 4.69) is 39.8 Å². The molecule has 0 spiro atoms. The number of allylic oxidation sites excluding steroid dienone is 2. The van der Waals surface area contributed by atoms with Crippen LogP contribution in [0, 0.1) is 18.8 Å². The highest BCUT2D eigenvalue weighted by Gasteiger charge is 1.98. The standard InChI is InChI=1S/C10H19/c1-5-6-10(4)8-7-9(2)3/h5-6,9-10H,2,7-8H2,1,3-4H3. The lowest BCUT2D eigenvalue weighted by molar-refractivity contribution is 0.533. The van der Waals surface area contributed by atoms with Crippen LogP contribution in [-0.4, -0.2) is 0 Å². The maximum Gasteiger partial charge on any atom is -0.0262 e. The Balaban J connectivity index is 3.30. The van der Waals surface area contributed by atoms with Crippen molar-refractivity contribution < 1.29 is 0 Å². The summed E-state index contributed by atoms with van der Waals surface area (Å²) in [5.74, 6) is 1.34. The van der Waals surface area contributed by atoms with E-state index in [-0.39, 0.29) is 0 Å². The molecule has 0 aliphatic heterocycles. The molecule has 2 unspecified atom stereocenters. The Bertz CT molecular complexity index is 90.2. The highest BCUT2D eigenvalue weighted by atomic mass is 14.0. The van der Waals surface area contributed by atoms with Gasteiger partial charge < -0.3 is 0 Å². The molecule has 0 aliphatic carbocycles. The van der Waals surface area contributed by atoms with Gasteiger partial charge in [0, 0.05) is 0 Å². The molecule has 0 amide bonds. The summed E-state index contributed by atoms with van der Waals surface area (Å²) in [6, 6.07) is 0. The minimum atomic E-state index is 0.604. The van der Waals surface area contributed by atoms with Gasteiger partial charge in [0.15, 0.2) is 0 Å². The summed E-state index contributed by atoms with van der Waals surface area (Å²) in [6.45, 7) is 10.4. The number of hydrogen-bond acceptors (Lipinski definition) is 0. The van der Waals surface area contributed by atoms with E-state index in [0.717, 1.165) is 5.92 Å². The first-order valence-corrected chi connectivity index (χ1v) is 4.12. The molecular weight excluding hydrogens is 120 g/mol. The predicted molar refractivity (Wildman–Crippen MR) is 47.7 cm³/mol. The molecule has 10 heavy (non-hydrogen) atoms. The van der Waals surface area contributed by atoms with Crippen molar-refractivity contribution in [1.29, 1.82) is 0 Å². The second-order valence-corrected chi connectivity index (χ2v) is 3.19. The van der Waals surface area contributed by atoms with E-state index in [0.29, 0.717) is 5.92 Å². The van der Waals surface area contributed by atoms with Crippen LogP contribution in [0.5, 0.6) is 0 Å². The molecule has 0 fully saturated rings. The molecule has 0 heteroatoms. The fraction of sp³-hybridized carbons (Fsp3) is 0.700. The van der Waals surface area contributed by atoms with E-state index >= 15 is 0 Å². The first kappa shape index (κ1) is 9.74. The molecule has 0 aromatic rings. The average molecular weight is 139 g/mol. The van der Waals surface area contributed by atoms with Crippen LogP contribution in [-0.2, 0) is 0 Å². The normalized spacial score (nSPS) is 14.9. The van der Waals surface area contributed by atoms with E-state index in [1.165, 1.54) is 12.8 Å². The molecule has 0 saturated heterocycles. The molecule has 0 bridgehead atoms. The largest absolute Gasteiger partial charge is 0.0914 e. The summed E-state index contributed by atoms with van der Waals surface area (Å²) in [7, 11) is 0. The highest BCUT2D eigenvalue weighted by molar-refractivity contribution is 4.82. The van der Waals surface area contributed by atoms with Crippen molar-refractivity contribution in [2.45, 2.75) is 33.6 Å². The molecule has 0 N–H and O–H groups in total. The van der Waals surface area contributed by atoms with Crippen LogP contribution in [0.1, 0.15) is 33.6 Å². The third-order valence-electron chi connectivity index (χ3n) is 1.64. The zero-order valence-electron chi connectivity index (χ0n) is 7.43. The SMILES string of the molecule is [CH2]C(C)CCC(C)C=CC. The summed E-state index contributed by atoms with van der Waals surface area (Å²) in [5, 5.41) is 0. The lowest BCUT2D eigenvalue weighted by atomic mass is 9.99. The van der Waals surface area contributed by atoms with Crippen molar-refractivity contribution in [1.82, 2.24) is 0 Å². The summed E-state index contributed by atoms with van der Waals surface area (Å²) < 4.78 is 0. The van der Waals surface area contributed by atoms with Gasteiger partial charge in [-0.3, -0.25) is 0 Å². The van der Waals surface area contributed by atoms with Crippen molar-refractivity contribution in [2.24, 2.45) is 11.8 Å². The Kier molecular flexibility index (Phi) is 5.38. The number of rotatable bonds is 4. The summed E-state index contributed by atoms with van der Waals surface area (Å²) in [5.41, 5.74) is 0. The first-order chi connectivity index (χ1) is 4.66. The van der Waals surface area contributed by atoms with E-state index in [4.69, 9.17) is 0 Å². The quantitative estimate of drug-likeness (QED) is 0.523. The molecule has 59 valence electrons. The van der Waals surface area contributed by atoms with E-state index in [1.54, 1.807) is 0 Å². The second kappa shape index (κ2) is 5.52. The van der Waals surface area contributed by atoms with Crippen molar-refractivity contribution in [3.8, 4) is 0 Å². The van der Waals surface area contributed by atoms with Crippen LogP contribution in [0.3, 0.4) is 0 Å². The lowest BCUT2D eigenvalue weighted by Gasteiger charge is -2.07. The predicted octanol–water partition coefficient (Wildman–Crippen LogP) is 3.45. The highest BCUT2D eigenvalue weighted by Crippen LogP contribution is 2.11. The van der Waals surface area contributed by atoms with Crippen LogP contribution < -0.4 is 0 Å². The van der Waals surface area contributed by atoms with Gasteiger partial charge in [-0.2, -0.15) is 0 Å². The van der Waals surface area contributed by atoms with Gasteiger partial charge in [-0.1, -0.05) is 39.3 Å². The van der Waals surface area contributed by atoms with Gasteiger partial charge in [-0.05, 0) is 25.2 Å². The summed E-state index contributed by atoms with van der Waals surface area (Å²) in [6.07, 6.45) is 6.89. The van der Waals surface area contributed by atoms with E-state index in [9.17, 15) is 0 Å². The Labute approximate surface area is 65.3 Å². The minimum absolute atomic E-state index is 0.604. The molecule has 1 radical (unpaired) electrons. The van der Waals surface area contributed by atoms with Gasteiger partial charge in [-0.15, -0.1) is 0 Å². The van der Waals surface area contributed by atoms with Crippen molar-refractivity contribution in [2.75, 3.05) is 0 Å². The fourth-order valence-corrected chi connectivity index (χ4v) is 0.972. The van der Waals surface area contributed by atoms with Gasteiger partial charge in [0.25, 0.3) is 0 Å². The van der Waals surface area contributed by atoms with E-state index < -0.39 is 0 Å². The summed E-state index contributed by atoms with van der Waals surface area (Å²) in [4.78, 5) is 0. The molecule has 2 atom stereocenters. The van der Waals surface area contributed by atoms with Gasteiger partial charge in [0.1, 0.15) is 0 Å². The topological polar surface area (TPSA) is 0 Å². The Morgan fingerprint density at radius 3 is 2.30 bits per heavy atom. The monoisotopic (exact) mass is 139 g/mol. The third-order valence-corrected chi connectivity index (χ3v) is 1.64. The van der Waals surface area contributed by atoms with E-state index in [1.807, 2.05) is 0 Å². The Morgan fingerprint density at radius 1 is 1.30 bits per heavy atom. The zero-order chi connectivity index (χ0) is 7.98. The van der Waals surface area contributed by atoms with Crippen LogP contribution in [0.15, 0.2) is 12.2 Å². The molecule has 0 saturated carbocycles. The molecular formula is C10H19. The Morgan fingerprint density at radius 2 is 1.90 bits per heavy atom. The van der Waals surface area contributed by atoms with Crippen molar-refractivity contribution in [3.63, 3.8) is 0 Å². The molecule has 0 nitrogen and oxygen atoms in total. The van der Waals surface area contributed by atoms with Gasteiger partial charge in [0.2, 0.25) is 0 Å². The fourth-order valence-electron chi connectivity index (χ4n) is 0.972. The molecule has 0 aromatic heterocycles. The first-order valence-electron chi connectivity index (χ1n) is 4.12. The van der Waals surface area contributed by atoms with Crippen LogP contribution in [0.25, 0.3) is 0 Å². The minimum Gasteiger partial charge on any atom is -0.0914 e. The lowest BCUT2D eigenvalue weighted by Crippen LogP contribution is -1.94. The van der Waals surface area contributed by atoms with Gasteiger partial charge >= 0.3 is 0 Å². The maximum absolute atomic E-state index is 3.95. The van der Waals surface area contributed by atoms with Crippen LogP contribution in [0.2, 0.25) is 0 Å². The zero-order valence-corrected chi connectivity index (χ0v) is 7.43. The van der Waals surface area contributed by atoms with Crippen LogP contribution in [0.4, 0.5) is 0 Å². The number of hydrogen-bond donors (Lipinski definition) is 0. The Hall–Kier alpha value is -0.260. The molecule has 0 aliphatic rings. The van der Waals surface area contributed by atoms with Crippen molar-refractivity contribution in [3.05, 3.63) is 19.1 Å². The van der Waals surface area contributed by atoms with Gasteiger partial charge in [0.05, 0.1) is 0 Å².